The van der Waals surface area contributed by atoms with Crippen LogP contribution in [0.3, 0.4) is 0 Å². The summed E-state index contributed by atoms with van der Waals surface area (Å²) in [7, 11) is 0. The van der Waals surface area contributed by atoms with Crippen LogP contribution in [0.4, 0.5) is 0 Å². The number of rotatable bonds is 6. The molecule has 116 valence electrons. The number of hydrogen-bond acceptors (Lipinski definition) is 3. The zero-order valence-corrected chi connectivity index (χ0v) is 13.0. The van der Waals surface area contributed by atoms with Gasteiger partial charge >= 0.3 is 0 Å². The smallest absolute Gasteiger partial charge is 0.223 e. The van der Waals surface area contributed by atoms with Crippen molar-refractivity contribution in [2.75, 3.05) is 39.3 Å². The zero-order chi connectivity index (χ0) is 14.2. The summed E-state index contributed by atoms with van der Waals surface area (Å²) in [6, 6.07) is 0. The highest BCUT2D eigenvalue weighted by Crippen LogP contribution is 2.20. The molecule has 0 atom stereocenters. The van der Waals surface area contributed by atoms with Crippen molar-refractivity contribution in [1.29, 1.82) is 0 Å². The SMILES string of the molecule is CCCCNC(=O)C1CCN(CC2CCNCC2)CC1. The van der Waals surface area contributed by atoms with Crippen molar-refractivity contribution in [2.24, 2.45) is 11.8 Å². The Balaban J connectivity index is 1.62. The van der Waals surface area contributed by atoms with Crippen molar-refractivity contribution < 1.29 is 4.79 Å². The molecule has 1 amide bonds. The van der Waals surface area contributed by atoms with E-state index in [0.29, 0.717) is 5.91 Å². The Labute approximate surface area is 123 Å². The molecule has 0 aromatic carbocycles. The fourth-order valence-electron chi connectivity index (χ4n) is 3.34. The minimum Gasteiger partial charge on any atom is -0.356 e. The summed E-state index contributed by atoms with van der Waals surface area (Å²) in [6.45, 7) is 8.83. The molecule has 0 unspecified atom stereocenters. The minimum absolute atomic E-state index is 0.260. The van der Waals surface area contributed by atoms with Gasteiger partial charge in [-0.05, 0) is 64.2 Å². The summed E-state index contributed by atoms with van der Waals surface area (Å²) in [5, 5.41) is 6.51. The van der Waals surface area contributed by atoms with E-state index in [0.717, 1.165) is 51.2 Å². The van der Waals surface area contributed by atoms with Gasteiger partial charge < -0.3 is 15.5 Å². The number of likely N-dealkylation sites (tertiary alicyclic amines) is 1. The molecule has 2 heterocycles. The van der Waals surface area contributed by atoms with Gasteiger partial charge in [0.25, 0.3) is 0 Å². The molecule has 20 heavy (non-hydrogen) atoms. The molecule has 2 aliphatic heterocycles. The Morgan fingerprint density at radius 3 is 2.55 bits per heavy atom. The van der Waals surface area contributed by atoms with Gasteiger partial charge in [0.1, 0.15) is 0 Å². The Morgan fingerprint density at radius 2 is 1.90 bits per heavy atom. The van der Waals surface area contributed by atoms with Crippen LogP contribution in [0.5, 0.6) is 0 Å². The molecule has 2 fully saturated rings. The van der Waals surface area contributed by atoms with Crippen LogP contribution in [0.2, 0.25) is 0 Å². The normalized spacial score (nSPS) is 22.9. The average Bonchev–Trinajstić information content (AvgIpc) is 2.49. The first kappa shape index (κ1) is 15.8. The maximum absolute atomic E-state index is 12.0. The van der Waals surface area contributed by atoms with Crippen molar-refractivity contribution in [1.82, 2.24) is 15.5 Å². The Hall–Kier alpha value is -0.610. The van der Waals surface area contributed by atoms with E-state index >= 15 is 0 Å². The molecule has 4 heteroatoms. The third kappa shape index (κ3) is 5.06. The van der Waals surface area contributed by atoms with Gasteiger partial charge in [-0.3, -0.25) is 4.79 Å². The maximum atomic E-state index is 12.0. The molecule has 0 aromatic heterocycles. The number of nitrogens with zero attached hydrogens (tertiary/aromatic N) is 1. The monoisotopic (exact) mass is 281 g/mol. The van der Waals surface area contributed by atoms with Gasteiger partial charge in [0.2, 0.25) is 5.91 Å². The molecule has 2 aliphatic rings. The third-order valence-electron chi connectivity index (χ3n) is 4.76. The topological polar surface area (TPSA) is 44.4 Å². The number of carbonyl (C=O) groups excluding carboxylic acids is 1. The molecule has 2 N–H and O–H groups in total. The molecule has 0 aromatic rings. The first-order valence-electron chi connectivity index (χ1n) is 8.50. The van der Waals surface area contributed by atoms with Crippen LogP contribution in [-0.4, -0.2) is 50.1 Å². The lowest BCUT2D eigenvalue weighted by atomic mass is 9.93. The van der Waals surface area contributed by atoms with Gasteiger partial charge in [0.05, 0.1) is 0 Å². The average molecular weight is 281 g/mol. The van der Waals surface area contributed by atoms with Crippen molar-refractivity contribution in [3.8, 4) is 0 Å². The lowest BCUT2D eigenvalue weighted by Crippen LogP contribution is -2.43. The van der Waals surface area contributed by atoms with Crippen molar-refractivity contribution in [3.05, 3.63) is 0 Å². The van der Waals surface area contributed by atoms with Crippen LogP contribution in [0, 0.1) is 11.8 Å². The molecule has 0 aliphatic carbocycles. The minimum atomic E-state index is 0.260. The Morgan fingerprint density at radius 1 is 1.20 bits per heavy atom. The van der Waals surface area contributed by atoms with Gasteiger partial charge in [0, 0.05) is 19.0 Å². The first-order chi connectivity index (χ1) is 9.79. The first-order valence-corrected chi connectivity index (χ1v) is 8.50. The number of hydrogen-bond donors (Lipinski definition) is 2. The summed E-state index contributed by atoms with van der Waals surface area (Å²) in [5.41, 5.74) is 0. The molecule has 0 saturated carbocycles. The number of nitrogens with one attached hydrogen (secondary N) is 2. The fourth-order valence-corrected chi connectivity index (χ4v) is 3.34. The van der Waals surface area contributed by atoms with Crippen LogP contribution in [-0.2, 0) is 4.79 Å². The number of carbonyl (C=O) groups is 1. The summed E-state index contributed by atoms with van der Waals surface area (Å²) in [6.07, 6.45) is 6.97. The van der Waals surface area contributed by atoms with Gasteiger partial charge in [-0.15, -0.1) is 0 Å². The number of piperidine rings is 2. The maximum Gasteiger partial charge on any atom is 0.223 e. The summed E-state index contributed by atoms with van der Waals surface area (Å²) < 4.78 is 0. The van der Waals surface area contributed by atoms with E-state index in [-0.39, 0.29) is 5.92 Å². The summed E-state index contributed by atoms with van der Waals surface area (Å²) in [4.78, 5) is 14.6. The highest BCUT2D eigenvalue weighted by Gasteiger charge is 2.26. The van der Waals surface area contributed by atoms with Crippen LogP contribution >= 0.6 is 0 Å². The van der Waals surface area contributed by atoms with Gasteiger partial charge in [-0.2, -0.15) is 0 Å². The quantitative estimate of drug-likeness (QED) is 0.727. The number of amides is 1. The van der Waals surface area contributed by atoms with Crippen LogP contribution < -0.4 is 10.6 Å². The van der Waals surface area contributed by atoms with E-state index in [1.807, 2.05) is 0 Å². The fraction of sp³-hybridized carbons (Fsp3) is 0.938. The molecule has 2 rings (SSSR count). The van der Waals surface area contributed by atoms with Crippen LogP contribution in [0.15, 0.2) is 0 Å². The second-order valence-electron chi connectivity index (χ2n) is 6.41. The van der Waals surface area contributed by atoms with Crippen LogP contribution in [0.1, 0.15) is 45.4 Å². The van der Waals surface area contributed by atoms with Crippen LogP contribution in [0.25, 0.3) is 0 Å². The molecule has 0 bridgehead atoms. The largest absolute Gasteiger partial charge is 0.356 e. The molecular formula is C16H31N3O. The van der Waals surface area contributed by atoms with Gasteiger partial charge in [-0.25, -0.2) is 0 Å². The Kier molecular flexibility index (Phi) is 6.80. The van der Waals surface area contributed by atoms with E-state index in [1.165, 1.54) is 32.5 Å². The highest BCUT2D eigenvalue weighted by atomic mass is 16.1. The highest BCUT2D eigenvalue weighted by molar-refractivity contribution is 5.78. The lowest BCUT2D eigenvalue weighted by molar-refractivity contribution is -0.126. The molecule has 4 nitrogen and oxygen atoms in total. The summed E-state index contributed by atoms with van der Waals surface area (Å²) >= 11 is 0. The predicted molar refractivity (Wildman–Crippen MR) is 82.7 cm³/mol. The predicted octanol–water partition coefficient (Wildman–Crippen LogP) is 1.61. The van der Waals surface area contributed by atoms with Crippen molar-refractivity contribution in [3.63, 3.8) is 0 Å². The van der Waals surface area contributed by atoms with Gasteiger partial charge in [0.15, 0.2) is 0 Å². The molecule has 2 saturated heterocycles. The van der Waals surface area contributed by atoms with E-state index in [4.69, 9.17) is 0 Å². The second-order valence-corrected chi connectivity index (χ2v) is 6.41. The zero-order valence-electron chi connectivity index (χ0n) is 13.0. The van der Waals surface area contributed by atoms with E-state index < -0.39 is 0 Å². The summed E-state index contributed by atoms with van der Waals surface area (Å²) in [5.74, 6) is 1.42. The van der Waals surface area contributed by atoms with Crippen molar-refractivity contribution in [2.45, 2.75) is 45.4 Å². The third-order valence-corrected chi connectivity index (χ3v) is 4.76. The number of unbranched alkanes of at least 4 members (excludes halogenated alkanes) is 1. The Bertz CT molecular complexity index is 281. The van der Waals surface area contributed by atoms with E-state index in [9.17, 15) is 4.79 Å². The second kappa shape index (κ2) is 8.63. The van der Waals surface area contributed by atoms with E-state index in [1.54, 1.807) is 0 Å². The van der Waals surface area contributed by atoms with E-state index in [2.05, 4.69) is 22.5 Å². The lowest BCUT2D eigenvalue weighted by Gasteiger charge is -2.35. The molecule has 0 spiro atoms. The van der Waals surface area contributed by atoms with Crippen molar-refractivity contribution >= 4 is 5.91 Å². The standard InChI is InChI=1S/C16H31N3O/c1-2-3-8-18-16(20)15-6-11-19(12-7-15)13-14-4-9-17-10-5-14/h14-15,17H,2-13H2,1H3,(H,18,20). The molecule has 0 radical (unpaired) electrons. The molecular weight excluding hydrogens is 250 g/mol. The van der Waals surface area contributed by atoms with Gasteiger partial charge in [-0.1, -0.05) is 13.3 Å².